The summed E-state index contributed by atoms with van der Waals surface area (Å²) < 4.78 is 0. The van der Waals surface area contributed by atoms with Crippen LogP contribution < -0.4 is 5.73 Å². The molecule has 0 spiro atoms. The van der Waals surface area contributed by atoms with E-state index in [9.17, 15) is 4.79 Å². The molecule has 2 rings (SSSR count). The SMILES string of the molecule is C[C@@H](c1ccncc1)N(C)Cc1cccc(C(N)=O)c1. The van der Waals surface area contributed by atoms with Crippen LogP contribution in [0.4, 0.5) is 0 Å². The molecule has 20 heavy (non-hydrogen) atoms. The van der Waals surface area contributed by atoms with Gasteiger partial charge in [0.05, 0.1) is 0 Å². The van der Waals surface area contributed by atoms with Crippen LogP contribution >= 0.6 is 0 Å². The molecule has 0 bridgehead atoms. The number of nitrogens with two attached hydrogens (primary N) is 1. The van der Waals surface area contributed by atoms with Crippen molar-refractivity contribution in [1.29, 1.82) is 0 Å². The number of rotatable bonds is 5. The van der Waals surface area contributed by atoms with Gasteiger partial charge in [0.25, 0.3) is 0 Å². The van der Waals surface area contributed by atoms with Crippen LogP contribution in [0.25, 0.3) is 0 Å². The number of carbonyl (C=O) groups excluding carboxylic acids is 1. The predicted octanol–water partition coefficient (Wildman–Crippen LogP) is 2.37. The summed E-state index contributed by atoms with van der Waals surface area (Å²) in [7, 11) is 2.06. The van der Waals surface area contributed by atoms with Crippen molar-refractivity contribution in [3.05, 3.63) is 65.5 Å². The van der Waals surface area contributed by atoms with E-state index in [-0.39, 0.29) is 6.04 Å². The molecular weight excluding hydrogens is 250 g/mol. The van der Waals surface area contributed by atoms with E-state index in [1.807, 2.05) is 30.3 Å². The highest BCUT2D eigenvalue weighted by Crippen LogP contribution is 2.20. The van der Waals surface area contributed by atoms with E-state index in [0.29, 0.717) is 5.56 Å². The second kappa shape index (κ2) is 6.30. The van der Waals surface area contributed by atoms with E-state index < -0.39 is 5.91 Å². The molecule has 1 aromatic carbocycles. The first kappa shape index (κ1) is 14.2. The van der Waals surface area contributed by atoms with Crippen molar-refractivity contribution >= 4 is 5.91 Å². The molecule has 0 aliphatic rings. The van der Waals surface area contributed by atoms with Crippen LogP contribution in [0.1, 0.15) is 34.5 Å². The van der Waals surface area contributed by atoms with Gasteiger partial charge in [-0.1, -0.05) is 12.1 Å². The molecule has 1 heterocycles. The molecule has 0 unspecified atom stereocenters. The lowest BCUT2D eigenvalue weighted by Crippen LogP contribution is -2.22. The largest absolute Gasteiger partial charge is 0.366 e. The highest BCUT2D eigenvalue weighted by molar-refractivity contribution is 5.92. The highest BCUT2D eigenvalue weighted by Gasteiger charge is 2.12. The van der Waals surface area contributed by atoms with Gasteiger partial charge in [0.2, 0.25) is 5.91 Å². The molecule has 4 heteroatoms. The van der Waals surface area contributed by atoms with Crippen molar-refractivity contribution in [3.63, 3.8) is 0 Å². The summed E-state index contributed by atoms with van der Waals surface area (Å²) in [4.78, 5) is 17.4. The third kappa shape index (κ3) is 3.42. The number of benzene rings is 1. The molecular formula is C16H19N3O. The summed E-state index contributed by atoms with van der Waals surface area (Å²) in [5.74, 6) is -0.392. The first-order valence-corrected chi connectivity index (χ1v) is 6.57. The summed E-state index contributed by atoms with van der Waals surface area (Å²) in [6, 6.07) is 11.7. The normalized spacial score (nSPS) is 12.3. The number of amides is 1. The van der Waals surface area contributed by atoms with Gasteiger partial charge in [0.1, 0.15) is 0 Å². The van der Waals surface area contributed by atoms with Crippen LogP contribution in [-0.4, -0.2) is 22.8 Å². The molecule has 2 N–H and O–H groups in total. The second-order valence-electron chi connectivity index (χ2n) is 4.94. The fraction of sp³-hybridized carbons (Fsp3) is 0.250. The fourth-order valence-corrected chi connectivity index (χ4v) is 2.14. The van der Waals surface area contributed by atoms with Crippen LogP contribution in [0.2, 0.25) is 0 Å². The van der Waals surface area contributed by atoms with E-state index >= 15 is 0 Å². The predicted molar refractivity (Wildman–Crippen MR) is 79.1 cm³/mol. The van der Waals surface area contributed by atoms with Crippen LogP contribution in [0.3, 0.4) is 0 Å². The molecule has 0 radical (unpaired) electrons. The van der Waals surface area contributed by atoms with Crippen LogP contribution in [-0.2, 0) is 6.54 Å². The topological polar surface area (TPSA) is 59.2 Å². The van der Waals surface area contributed by atoms with Crippen molar-refractivity contribution in [1.82, 2.24) is 9.88 Å². The lowest BCUT2D eigenvalue weighted by Gasteiger charge is -2.25. The average molecular weight is 269 g/mol. The van der Waals surface area contributed by atoms with E-state index in [0.717, 1.165) is 12.1 Å². The maximum atomic E-state index is 11.2. The molecule has 2 aromatic rings. The molecule has 1 amide bonds. The zero-order valence-electron chi connectivity index (χ0n) is 11.8. The Kier molecular flexibility index (Phi) is 4.48. The summed E-state index contributed by atoms with van der Waals surface area (Å²) in [5, 5.41) is 0. The molecule has 1 aromatic heterocycles. The van der Waals surface area contributed by atoms with Gasteiger partial charge in [-0.25, -0.2) is 0 Å². The number of pyridine rings is 1. The highest BCUT2D eigenvalue weighted by atomic mass is 16.1. The summed E-state index contributed by atoms with van der Waals surface area (Å²) >= 11 is 0. The van der Waals surface area contributed by atoms with Gasteiger partial charge in [-0.3, -0.25) is 14.7 Å². The zero-order chi connectivity index (χ0) is 14.5. The third-order valence-corrected chi connectivity index (χ3v) is 3.49. The minimum Gasteiger partial charge on any atom is -0.366 e. The Hall–Kier alpha value is -2.20. The maximum Gasteiger partial charge on any atom is 0.248 e. The molecule has 0 aliphatic carbocycles. The monoisotopic (exact) mass is 269 g/mol. The van der Waals surface area contributed by atoms with Crippen molar-refractivity contribution in [2.75, 3.05) is 7.05 Å². The zero-order valence-corrected chi connectivity index (χ0v) is 11.8. The first-order valence-electron chi connectivity index (χ1n) is 6.57. The molecule has 4 nitrogen and oxygen atoms in total. The minimum atomic E-state index is -0.392. The molecule has 1 atom stereocenters. The number of carbonyl (C=O) groups is 1. The number of aromatic nitrogens is 1. The van der Waals surface area contributed by atoms with Crippen molar-refractivity contribution < 1.29 is 4.79 Å². The number of hydrogen-bond donors (Lipinski definition) is 1. The smallest absolute Gasteiger partial charge is 0.248 e. The molecule has 0 aliphatic heterocycles. The lowest BCUT2D eigenvalue weighted by atomic mass is 10.1. The van der Waals surface area contributed by atoms with Gasteiger partial charge < -0.3 is 5.73 Å². The molecule has 0 saturated carbocycles. The second-order valence-corrected chi connectivity index (χ2v) is 4.94. The Bertz CT molecular complexity index is 583. The summed E-state index contributed by atoms with van der Waals surface area (Å²) in [6.45, 7) is 2.90. The molecule has 0 saturated heterocycles. The Morgan fingerprint density at radius 1 is 1.30 bits per heavy atom. The fourth-order valence-electron chi connectivity index (χ4n) is 2.14. The quantitative estimate of drug-likeness (QED) is 0.906. The van der Waals surface area contributed by atoms with Gasteiger partial charge in [-0.05, 0) is 49.4 Å². The van der Waals surface area contributed by atoms with Gasteiger partial charge in [-0.2, -0.15) is 0 Å². The van der Waals surface area contributed by atoms with E-state index in [1.54, 1.807) is 18.5 Å². The van der Waals surface area contributed by atoms with E-state index in [1.165, 1.54) is 5.56 Å². The van der Waals surface area contributed by atoms with Crippen molar-refractivity contribution in [2.45, 2.75) is 19.5 Å². The molecule has 0 fully saturated rings. The van der Waals surface area contributed by atoms with Gasteiger partial charge in [0.15, 0.2) is 0 Å². The van der Waals surface area contributed by atoms with Gasteiger partial charge in [-0.15, -0.1) is 0 Å². The third-order valence-electron chi connectivity index (χ3n) is 3.49. The molecule has 104 valence electrons. The summed E-state index contributed by atoms with van der Waals surface area (Å²) in [6.07, 6.45) is 3.60. The first-order chi connectivity index (χ1) is 9.58. The van der Waals surface area contributed by atoms with E-state index in [2.05, 4.69) is 23.9 Å². The Morgan fingerprint density at radius 2 is 2.00 bits per heavy atom. The van der Waals surface area contributed by atoms with Crippen molar-refractivity contribution in [2.24, 2.45) is 5.73 Å². The number of hydrogen-bond acceptors (Lipinski definition) is 3. The van der Waals surface area contributed by atoms with Crippen LogP contribution in [0.15, 0.2) is 48.8 Å². The van der Waals surface area contributed by atoms with Crippen LogP contribution in [0, 0.1) is 0 Å². The Morgan fingerprint density at radius 3 is 2.65 bits per heavy atom. The minimum absolute atomic E-state index is 0.273. The Balaban J connectivity index is 2.09. The van der Waals surface area contributed by atoms with Crippen molar-refractivity contribution in [3.8, 4) is 0 Å². The Labute approximate surface area is 119 Å². The maximum absolute atomic E-state index is 11.2. The average Bonchev–Trinajstić information content (AvgIpc) is 2.47. The van der Waals surface area contributed by atoms with E-state index in [4.69, 9.17) is 5.73 Å². The van der Waals surface area contributed by atoms with Gasteiger partial charge in [0, 0.05) is 30.5 Å². The standard InChI is InChI=1S/C16H19N3O/c1-12(14-6-8-18-9-7-14)19(2)11-13-4-3-5-15(10-13)16(17)20/h3-10,12H,11H2,1-2H3,(H2,17,20)/t12-/m0/s1. The summed E-state index contributed by atoms with van der Waals surface area (Å²) in [5.41, 5.74) is 8.14. The van der Waals surface area contributed by atoms with Gasteiger partial charge >= 0.3 is 0 Å². The van der Waals surface area contributed by atoms with Crippen LogP contribution in [0.5, 0.6) is 0 Å². The number of primary amides is 1. The lowest BCUT2D eigenvalue weighted by molar-refractivity contribution is 0.1000. The number of nitrogens with zero attached hydrogens (tertiary/aromatic N) is 2.